The molecule has 8 N–H and O–H groups in total. The van der Waals surface area contributed by atoms with Gasteiger partial charge < -0.3 is 94.8 Å². The molecule has 1 rings (SSSR count). The molecule has 0 aliphatic heterocycles. The highest BCUT2D eigenvalue weighted by molar-refractivity contribution is 7.47. The van der Waals surface area contributed by atoms with E-state index in [1.165, 1.54) is 584 Å². The molecular weight excluding hydrogens is 1950 g/mol. The second kappa shape index (κ2) is 97.9. The van der Waals surface area contributed by atoms with Gasteiger partial charge in [-0.2, -0.15) is 0 Å². The molecule has 34 heteroatoms. The normalized spacial score (nSPS) is 16.3. The fraction of sp³-hybridized carbons (Fsp3) is 1.00. The Labute approximate surface area is 887 Å². The molecule has 1 fully saturated rings. The smallest absolute Gasteiger partial charge is 0.470 e. The lowest BCUT2D eigenvalue weighted by Gasteiger charge is -2.52. The van der Waals surface area contributed by atoms with Gasteiger partial charge in [0, 0.05) is 0 Å². The van der Waals surface area contributed by atoms with Crippen LogP contribution in [0.3, 0.4) is 0 Å². The van der Waals surface area contributed by atoms with Crippen molar-refractivity contribution in [3.05, 3.63) is 0 Å². The van der Waals surface area contributed by atoms with Crippen molar-refractivity contribution in [1.82, 2.24) is 0 Å². The van der Waals surface area contributed by atoms with E-state index in [0.29, 0.717) is 0 Å². The third kappa shape index (κ3) is 114. The molecule has 0 bridgehead atoms. The standard InChI is InChI=1S/4C26H56N.C6H18O24P6/c4*1-5-7-9-11-13-15-17-19-21-23-25-27(3,4)26-24-22-20-18-16-14-12-10-8-6-2;7-31(8,9)25-1-2(26-32(10,11)12)4(28-34(16,17)18)6(30-36(22,23)24)5(29-35(19,20)21)3(1)27-33(13,14)15/h4*5-26H2,1-4H3;1-6H,(H2,7,8,9)(H2,10,11,12)(H2,13,14,15)(H2,16,17,18)(H2,19,20,21)(H2,22,23,24)/q4*+1;/p-4/t;;;;1-,2-,3-,4+,5-,6-. The highest BCUT2D eigenvalue weighted by Gasteiger charge is 2.61. The van der Waals surface area contributed by atoms with Gasteiger partial charge in [0.1, 0.15) is 36.6 Å². The van der Waals surface area contributed by atoms with Crippen LogP contribution in [0.25, 0.3) is 0 Å². The Kier molecular flexibility index (Phi) is 103. The van der Waals surface area contributed by atoms with Gasteiger partial charge in [-0.15, -0.1) is 0 Å². The van der Waals surface area contributed by atoms with Gasteiger partial charge in [-0.25, -0.2) is 18.3 Å². The number of hydrogen-bond donors (Lipinski definition) is 8. The summed E-state index contributed by atoms with van der Waals surface area (Å²) in [5.74, 6) is 0. The van der Waals surface area contributed by atoms with E-state index in [2.05, 4.69) is 139 Å². The molecular formula is C110H238N4O24P6. The first-order chi connectivity index (χ1) is 68.1. The molecule has 0 amide bonds. The van der Waals surface area contributed by atoms with E-state index in [4.69, 9.17) is 39.1 Å². The first-order valence-corrected chi connectivity index (χ1v) is 68.7. The fourth-order valence-electron chi connectivity index (χ4n) is 19.4. The number of hydrogen-bond acceptors (Lipinski definition) is 16. The van der Waals surface area contributed by atoms with Crippen LogP contribution in [-0.4, -0.2) is 202 Å². The molecule has 0 unspecified atom stereocenters. The summed E-state index contributed by atoms with van der Waals surface area (Å²) in [5, 5.41) is 0. The number of unbranched alkanes of at least 4 members (excludes halogenated alkanes) is 72. The van der Waals surface area contributed by atoms with Crippen molar-refractivity contribution in [2.45, 2.75) is 606 Å². The van der Waals surface area contributed by atoms with E-state index in [1.54, 1.807) is 0 Å². The minimum Gasteiger partial charge on any atom is -0.790 e. The summed E-state index contributed by atoms with van der Waals surface area (Å²) in [4.78, 5) is 117. The van der Waals surface area contributed by atoms with E-state index in [-0.39, 0.29) is 0 Å². The highest BCUT2D eigenvalue weighted by atomic mass is 31.2. The summed E-state index contributed by atoms with van der Waals surface area (Å²) in [6.45, 7) is 29.5. The van der Waals surface area contributed by atoms with Crippen LogP contribution in [0.1, 0.15) is 569 Å². The van der Waals surface area contributed by atoms with Gasteiger partial charge in [0.05, 0.1) is 124 Å². The Hall–Kier alpha value is 0.500. The molecule has 1 aliphatic carbocycles. The molecule has 0 aromatic carbocycles. The van der Waals surface area contributed by atoms with Crippen molar-refractivity contribution in [2.24, 2.45) is 0 Å². The molecule has 28 nitrogen and oxygen atoms in total. The first kappa shape index (κ1) is 151. The largest absolute Gasteiger partial charge is 0.790 e. The predicted octanol–water partition coefficient (Wildman–Crippen LogP) is 30.0. The minimum absolute atomic E-state index is 1.24. The Balaban J connectivity index is -0.000000856. The Bertz CT molecular complexity index is 2490. The van der Waals surface area contributed by atoms with Crippen LogP contribution in [0.15, 0.2) is 0 Å². The van der Waals surface area contributed by atoms with E-state index >= 15 is 0 Å². The van der Waals surface area contributed by atoms with Crippen molar-refractivity contribution < 1.29 is 131 Å². The van der Waals surface area contributed by atoms with Crippen molar-refractivity contribution in [1.29, 1.82) is 0 Å². The van der Waals surface area contributed by atoms with E-state index in [1.807, 2.05) is 0 Å². The van der Waals surface area contributed by atoms with Crippen LogP contribution in [0.4, 0.5) is 0 Å². The van der Waals surface area contributed by atoms with Crippen LogP contribution in [0, 0.1) is 0 Å². The van der Waals surface area contributed by atoms with E-state index in [9.17, 15) is 47.0 Å². The fourth-order valence-corrected chi connectivity index (χ4v) is 22.7. The summed E-state index contributed by atoms with van der Waals surface area (Å²) in [6.07, 6.45) is 96.2. The van der Waals surface area contributed by atoms with Gasteiger partial charge in [-0.05, 0) is 103 Å². The van der Waals surface area contributed by atoms with Gasteiger partial charge >= 0.3 is 31.3 Å². The molecule has 0 saturated heterocycles. The van der Waals surface area contributed by atoms with Crippen LogP contribution < -0.4 is 19.6 Å². The Morgan fingerprint density at radius 2 is 0.229 bits per heavy atom. The lowest BCUT2D eigenvalue weighted by Crippen LogP contribution is -2.67. The SMILES string of the molecule is CCCCCCCCCCCC[N+](C)(C)CCCCCCCCCCCC.CCCCCCCCCCCC[N+](C)(C)CCCCCCCCCCCC.CCCCCCCCCCCC[N+](C)(C)CCCCCCCCCCCC.CCCCCCCCCCCC[N+](C)(C)CCCCCCCCCCCC.O=P([O-])([O-])O[C@@H]1[C@H](OP(=O)([O-])[O-])[C@@H](OP(=O)(O)O)[C@H](OP(=O)(O)O)[C@@H](OP(=O)(O)O)[C@@H]1OP(=O)(O)O. The maximum absolute atomic E-state index is 11.4. The van der Waals surface area contributed by atoms with E-state index < -0.39 is 83.6 Å². The quantitative estimate of drug-likeness (QED) is 0.0159. The molecule has 0 aromatic rings. The van der Waals surface area contributed by atoms with Crippen molar-refractivity contribution in [3.8, 4) is 0 Å². The average Bonchev–Trinajstić information content (AvgIpc) is 0.742. The Morgan fingerprint density at radius 1 is 0.153 bits per heavy atom. The summed E-state index contributed by atoms with van der Waals surface area (Å²) in [6, 6.07) is 0. The topological polar surface area (TPSA) is 412 Å². The molecule has 6 atom stereocenters. The van der Waals surface area contributed by atoms with Gasteiger partial charge in [0.15, 0.2) is 0 Å². The second-order valence-corrected chi connectivity index (χ2v) is 52.2. The van der Waals surface area contributed by atoms with Crippen LogP contribution >= 0.6 is 46.9 Å². The molecule has 1 saturated carbocycles. The van der Waals surface area contributed by atoms with Crippen molar-refractivity contribution in [2.75, 3.05) is 109 Å². The molecule has 0 heterocycles. The van der Waals surface area contributed by atoms with Crippen LogP contribution in [0.5, 0.6) is 0 Å². The maximum atomic E-state index is 11.4. The lowest BCUT2D eigenvalue weighted by molar-refractivity contribution is -0.890. The second-order valence-electron chi connectivity index (χ2n) is 45.3. The molecule has 872 valence electrons. The maximum Gasteiger partial charge on any atom is 0.470 e. The lowest BCUT2D eigenvalue weighted by atomic mass is 9.85. The number of rotatable bonds is 100. The predicted molar refractivity (Wildman–Crippen MR) is 595 cm³/mol. The van der Waals surface area contributed by atoms with Crippen molar-refractivity contribution in [3.63, 3.8) is 0 Å². The van der Waals surface area contributed by atoms with Gasteiger partial charge in [0.25, 0.3) is 0 Å². The zero-order valence-corrected chi connectivity index (χ0v) is 102. The van der Waals surface area contributed by atoms with Gasteiger partial charge in [-0.3, -0.25) is 18.1 Å². The summed E-state index contributed by atoms with van der Waals surface area (Å²) in [7, 11) is -17.9. The molecule has 1 aliphatic rings. The third-order valence-corrected chi connectivity index (χ3v) is 31.5. The number of nitrogens with zero attached hydrogens (tertiary/aromatic N) is 4. The summed E-state index contributed by atoms with van der Waals surface area (Å²) >= 11 is 0. The Morgan fingerprint density at radius 3 is 0.306 bits per heavy atom. The number of phosphoric acid groups is 6. The first-order valence-electron chi connectivity index (χ1n) is 59.7. The average molecular weight is 2190 g/mol. The zero-order chi connectivity index (χ0) is 109. The van der Waals surface area contributed by atoms with Crippen LogP contribution in [-0.2, 0) is 54.5 Å². The molecule has 0 spiro atoms. The molecule has 0 aromatic heterocycles. The number of phosphoric ester groups is 6. The van der Waals surface area contributed by atoms with Gasteiger partial charge in [-0.1, -0.05) is 466 Å². The highest BCUT2D eigenvalue weighted by Crippen LogP contribution is 2.56. The summed E-state index contributed by atoms with van der Waals surface area (Å²) in [5.41, 5.74) is 0. The monoisotopic (exact) mass is 2190 g/mol. The van der Waals surface area contributed by atoms with E-state index in [0.717, 1.165) is 0 Å². The molecule has 0 radical (unpaired) electrons. The van der Waals surface area contributed by atoms with Crippen molar-refractivity contribution >= 4 is 46.9 Å². The minimum atomic E-state index is -6.56. The van der Waals surface area contributed by atoms with Crippen LogP contribution in [0.2, 0.25) is 0 Å². The number of quaternary nitrogens is 4. The summed E-state index contributed by atoms with van der Waals surface area (Å²) < 4.78 is 96.5. The van der Waals surface area contributed by atoms with Gasteiger partial charge in [0.2, 0.25) is 0 Å². The molecule has 144 heavy (non-hydrogen) atoms. The zero-order valence-electron chi connectivity index (χ0n) is 96.3. The third-order valence-electron chi connectivity index (χ3n) is 28.4.